The number of halogens is 1. The quantitative estimate of drug-likeness (QED) is 0.408. The third-order valence-electron chi connectivity index (χ3n) is 8.44. The molecule has 0 amide bonds. The zero-order valence-electron chi connectivity index (χ0n) is 20.3. The number of nitrogens with zero attached hydrogens (tertiary/aromatic N) is 3. The number of hydrogen-bond donors (Lipinski definition) is 0. The van der Waals surface area contributed by atoms with E-state index in [-0.39, 0.29) is 22.9 Å². The molecule has 35 heavy (non-hydrogen) atoms. The second-order valence-electron chi connectivity index (χ2n) is 10.6. The average molecular weight is 470 g/mol. The van der Waals surface area contributed by atoms with E-state index in [1.807, 2.05) is 18.5 Å². The summed E-state index contributed by atoms with van der Waals surface area (Å²) >= 11 is 0. The molecule has 1 aliphatic carbocycles. The van der Waals surface area contributed by atoms with Crippen molar-refractivity contribution in [1.29, 1.82) is 0 Å². The number of Topliss-reactive ketones (excluding diaryl/α,β-unsaturated/α-hetero) is 1. The molecule has 1 saturated carbocycles. The molecule has 0 spiro atoms. The van der Waals surface area contributed by atoms with Crippen LogP contribution in [0.5, 0.6) is 0 Å². The maximum atomic E-state index is 14.1. The predicted molar refractivity (Wildman–Crippen MR) is 136 cm³/mol. The van der Waals surface area contributed by atoms with Crippen LogP contribution in [-0.4, -0.2) is 33.3 Å². The molecular weight excluding hydrogens is 437 g/mol. The second kappa shape index (κ2) is 8.87. The van der Waals surface area contributed by atoms with Crippen molar-refractivity contribution in [3.63, 3.8) is 0 Å². The zero-order chi connectivity index (χ0) is 24.0. The Morgan fingerprint density at radius 1 is 1.09 bits per heavy atom. The van der Waals surface area contributed by atoms with E-state index < -0.39 is 0 Å². The van der Waals surface area contributed by atoms with Crippen molar-refractivity contribution in [2.24, 2.45) is 11.3 Å². The van der Waals surface area contributed by atoms with Gasteiger partial charge in [0, 0.05) is 35.5 Å². The van der Waals surface area contributed by atoms with E-state index in [4.69, 9.17) is 4.98 Å². The highest BCUT2D eigenvalue weighted by Gasteiger charge is 2.46. The van der Waals surface area contributed by atoms with Gasteiger partial charge >= 0.3 is 0 Å². The zero-order valence-corrected chi connectivity index (χ0v) is 20.3. The molecule has 4 nitrogen and oxygen atoms in total. The van der Waals surface area contributed by atoms with Crippen molar-refractivity contribution in [2.75, 3.05) is 13.1 Å². The molecule has 2 aliphatic heterocycles. The molecule has 0 bridgehead atoms. The van der Waals surface area contributed by atoms with Gasteiger partial charge in [0.25, 0.3) is 0 Å². The van der Waals surface area contributed by atoms with Gasteiger partial charge in [-0.1, -0.05) is 36.8 Å². The molecule has 3 aromatic rings. The van der Waals surface area contributed by atoms with Crippen LogP contribution in [0.3, 0.4) is 0 Å². The maximum Gasteiger partial charge on any atom is 0.167 e. The fourth-order valence-corrected chi connectivity index (χ4v) is 6.48. The number of carbonyl (C=O) groups is 1. The molecular formula is C30H32FN3O. The van der Waals surface area contributed by atoms with Gasteiger partial charge in [0.2, 0.25) is 0 Å². The first kappa shape index (κ1) is 22.4. The van der Waals surface area contributed by atoms with Gasteiger partial charge in [-0.05, 0) is 81.1 Å². The Morgan fingerprint density at radius 3 is 2.66 bits per heavy atom. The molecule has 3 aliphatic rings. The third kappa shape index (κ3) is 3.96. The van der Waals surface area contributed by atoms with Gasteiger partial charge in [-0.2, -0.15) is 0 Å². The summed E-state index contributed by atoms with van der Waals surface area (Å²) in [5.41, 5.74) is 6.03. The van der Waals surface area contributed by atoms with Gasteiger partial charge in [-0.3, -0.25) is 9.69 Å². The minimum Gasteiger partial charge on any atom is -0.330 e. The number of likely N-dealkylation sites (tertiary alicyclic amines) is 1. The number of ketones is 1. The van der Waals surface area contributed by atoms with Crippen LogP contribution in [-0.2, 0) is 13.1 Å². The fourth-order valence-electron chi connectivity index (χ4n) is 6.48. The summed E-state index contributed by atoms with van der Waals surface area (Å²) in [6, 6.07) is 14.8. The molecule has 180 valence electrons. The predicted octanol–water partition coefficient (Wildman–Crippen LogP) is 6.37. The lowest BCUT2D eigenvalue weighted by Gasteiger charge is -2.45. The number of benzene rings is 2. The van der Waals surface area contributed by atoms with Gasteiger partial charge in [-0.25, -0.2) is 9.37 Å². The first-order valence-electron chi connectivity index (χ1n) is 12.9. The number of allylic oxidation sites excluding steroid dienone is 1. The summed E-state index contributed by atoms with van der Waals surface area (Å²) < 4.78 is 15.7. The maximum absolute atomic E-state index is 14.1. The van der Waals surface area contributed by atoms with Crippen LogP contribution in [0.15, 0.2) is 60.4 Å². The van der Waals surface area contributed by atoms with Gasteiger partial charge in [-0.15, -0.1) is 0 Å². The monoisotopic (exact) mass is 469 g/mol. The lowest BCUT2D eigenvalue weighted by Crippen LogP contribution is -2.43. The average Bonchev–Trinajstić information content (AvgIpc) is 3.52. The normalized spacial score (nSPS) is 24.1. The molecule has 3 heterocycles. The molecule has 1 saturated heterocycles. The highest BCUT2D eigenvalue weighted by Crippen LogP contribution is 2.51. The summed E-state index contributed by atoms with van der Waals surface area (Å²) in [7, 11) is 0. The van der Waals surface area contributed by atoms with Crippen LogP contribution < -0.4 is 0 Å². The van der Waals surface area contributed by atoms with Crippen LogP contribution in [0.4, 0.5) is 4.39 Å². The molecule has 0 radical (unpaired) electrons. The van der Waals surface area contributed by atoms with E-state index in [1.54, 1.807) is 12.1 Å². The molecule has 5 heteroatoms. The molecule has 0 unspecified atom stereocenters. The van der Waals surface area contributed by atoms with Crippen LogP contribution in [0.2, 0.25) is 0 Å². The lowest BCUT2D eigenvalue weighted by atomic mass is 9.61. The summed E-state index contributed by atoms with van der Waals surface area (Å²) in [6.07, 6.45) is 9.57. The van der Waals surface area contributed by atoms with Gasteiger partial charge in [0.15, 0.2) is 5.78 Å². The van der Waals surface area contributed by atoms with Crippen molar-refractivity contribution in [2.45, 2.75) is 52.1 Å². The van der Waals surface area contributed by atoms with Crippen molar-refractivity contribution < 1.29 is 9.18 Å². The van der Waals surface area contributed by atoms with Crippen LogP contribution in [0.25, 0.3) is 17.3 Å². The number of fused-ring (bicyclic) bond motifs is 2. The topological polar surface area (TPSA) is 38.1 Å². The van der Waals surface area contributed by atoms with Crippen LogP contribution in [0.1, 0.15) is 60.6 Å². The first-order chi connectivity index (χ1) is 17.0. The summed E-state index contributed by atoms with van der Waals surface area (Å²) in [5, 5.41) is 0. The Balaban J connectivity index is 1.33. The smallest absolute Gasteiger partial charge is 0.167 e. The van der Waals surface area contributed by atoms with E-state index in [9.17, 15) is 9.18 Å². The molecule has 2 fully saturated rings. The summed E-state index contributed by atoms with van der Waals surface area (Å²) in [6.45, 7) is 6.12. The minimum absolute atomic E-state index is 0.0490. The van der Waals surface area contributed by atoms with Crippen LogP contribution in [0, 0.1) is 17.2 Å². The van der Waals surface area contributed by atoms with Crippen molar-refractivity contribution >= 4 is 11.9 Å². The molecule has 2 atom stereocenters. The number of rotatable bonds is 5. The van der Waals surface area contributed by atoms with E-state index in [2.05, 4.69) is 34.6 Å². The minimum atomic E-state index is -0.244. The highest BCUT2D eigenvalue weighted by molar-refractivity contribution is 6.00. The van der Waals surface area contributed by atoms with E-state index in [1.165, 1.54) is 30.5 Å². The van der Waals surface area contributed by atoms with E-state index in [0.29, 0.717) is 0 Å². The first-order valence-corrected chi connectivity index (χ1v) is 12.9. The van der Waals surface area contributed by atoms with Gasteiger partial charge in [0.1, 0.15) is 5.82 Å². The summed E-state index contributed by atoms with van der Waals surface area (Å²) in [4.78, 5) is 21.3. The summed E-state index contributed by atoms with van der Waals surface area (Å²) in [5.74, 6) is -0.00586. The van der Waals surface area contributed by atoms with E-state index >= 15 is 0 Å². The lowest BCUT2D eigenvalue weighted by molar-refractivity contribution is 0.0725. The van der Waals surface area contributed by atoms with Gasteiger partial charge < -0.3 is 4.57 Å². The third-order valence-corrected chi connectivity index (χ3v) is 8.44. The largest absolute Gasteiger partial charge is 0.330 e. The highest BCUT2D eigenvalue weighted by atomic mass is 19.1. The standard InChI is InChI=1S/C30H32FN3O/c1-30-19-34-20-32-28(21-11-13-24(31)14-12-21)27(34)17-23(30)8-6-10-26(30)29(35)25-9-3-2-7-22(25)18-33-15-4-5-16-33/h2-3,7,9,11-14,17,20,26H,4-6,8,10,15-16,18-19H2,1H3/t26-,30+/m1/s1. The molecule has 2 aromatic carbocycles. The van der Waals surface area contributed by atoms with E-state index in [0.717, 1.165) is 73.5 Å². The number of imidazole rings is 1. The Kier molecular flexibility index (Phi) is 5.68. The van der Waals surface area contributed by atoms with Crippen LogP contribution >= 0.6 is 0 Å². The van der Waals surface area contributed by atoms with Crippen molar-refractivity contribution in [1.82, 2.24) is 14.5 Å². The number of hydrogen-bond acceptors (Lipinski definition) is 3. The van der Waals surface area contributed by atoms with Gasteiger partial charge in [0.05, 0.1) is 17.7 Å². The number of aromatic nitrogens is 2. The Hall–Kier alpha value is -3.05. The second-order valence-corrected chi connectivity index (χ2v) is 10.6. The fraction of sp³-hybridized carbons (Fsp3) is 0.400. The Morgan fingerprint density at radius 2 is 1.86 bits per heavy atom. The van der Waals surface area contributed by atoms with Crippen molar-refractivity contribution in [3.05, 3.63) is 83.1 Å². The van der Waals surface area contributed by atoms with Crippen molar-refractivity contribution in [3.8, 4) is 11.3 Å². The number of carbonyl (C=O) groups excluding carboxylic acids is 1. The molecule has 0 N–H and O–H groups in total. The Bertz CT molecular complexity index is 1290. The molecule has 6 rings (SSSR count). The molecule has 1 aromatic heterocycles. The SMILES string of the molecule is C[C@]12Cn3cnc(-c4ccc(F)cc4)c3C=C1CCC[C@@H]2C(=O)c1ccccc1CN1CCCC1. The Labute approximate surface area is 206 Å².